The van der Waals surface area contributed by atoms with Crippen LogP contribution >= 0.6 is 11.8 Å². The molecule has 1 aliphatic heterocycles. The summed E-state index contributed by atoms with van der Waals surface area (Å²) in [6.45, 7) is 4.42. The van der Waals surface area contributed by atoms with E-state index in [0.717, 1.165) is 5.92 Å². The van der Waals surface area contributed by atoms with Crippen molar-refractivity contribution in [2.24, 2.45) is 5.92 Å². The van der Waals surface area contributed by atoms with Gasteiger partial charge in [-0.3, -0.25) is 0 Å². The van der Waals surface area contributed by atoms with E-state index >= 15 is 0 Å². The van der Waals surface area contributed by atoms with Crippen molar-refractivity contribution in [2.75, 3.05) is 11.5 Å². The van der Waals surface area contributed by atoms with Gasteiger partial charge in [0.15, 0.2) is 0 Å². The molecule has 1 aromatic carbocycles. The van der Waals surface area contributed by atoms with Gasteiger partial charge >= 0.3 is 0 Å². The Morgan fingerprint density at radius 1 is 1.19 bits per heavy atom. The van der Waals surface area contributed by atoms with Crippen molar-refractivity contribution in [3.63, 3.8) is 0 Å². The van der Waals surface area contributed by atoms with E-state index < -0.39 is 0 Å². The molecule has 0 nitrogen and oxygen atoms in total. The summed E-state index contributed by atoms with van der Waals surface area (Å²) in [6.07, 6.45) is 5.55. The van der Waals surface area contributed by atoms with Crippen molar-refractivity contribution in [3.05, 3.63) is 34.9 Å². The molecular weight excluding hydrogens is 212 g/mol. The topological polar surface area (TPSA) is 0 Å². The Morgan fingerprint density at radius 3 is 2.62 bits per heavy atom. The molecule has 0 aliphatic carbocycles. The summed E-state index contributed by atoms with van der Waals surface area (Å²) in [5.74, 6) is 3.76. The third-order valence-corrected chi connectivity index (χ3v) is 4.71. The quantitative estimate of drug-likeness (QED) is 0.748. The first kappa shape index (κ1) is 12.0. The van der Waals surface area contributed by atoms with Crippen molar-refractivity contribution in [2.45, 2.75) is 39.5 Å². The van der Waals surface area contributed by atoms with Gasteiger partial charge in [-0.25, -0.2) is 0 Å². The number of benzene rings is 1. The number of thioether (sulfide) groups is 1. The van der Waals surface area contributed by atoms with E-state index in [1.807, 2.05) is 0 Å². The Kier molecular flexibility index (Phi) is 4.34. The van der Waals surface area contributed by atoms with Crippen molar-refractivity contribution >= 4 is 11.8 Å². The van der Waals surface area contributed by atoms with Crippen molar-refractivity contribution in [1.82, 2.24) is 0 Å². The van der Waals surface area contributed by atoms with Gasteiger partial charge in [0.1, 0.15) is 0 Å². The van der Waals surface area contributed by atoms with Crippen LogP contribution in [0.2, 0.25) is 0 Å². The Balaban J connectivity index is 1.88. The minimum atomic E-state index is 0.988. The molecule has 0 spiro atoms. The highest BCUT2D eigenvalue weighted by Gasteiger charge is 2.13. The first-order valence-electron chi connectivity index (χ1n) is 6.39. The van der Waals surface area contributed by atoms with Crippen LogP contribution < -0.4 is 0 Å². The van der Waals surface area contributed by atoms with Crippen LogP contribution in [0.1, 0.15) is 36.0 Å². The van der Waals surface area contributed by atoms with Crippen molar-refractivity contribution in [3.8, 4) is 0 Å². The molecule has 0 radical (unpaired) electrons. The van der Waals surface area contributed by atoms with Crippen LogP contribution in [0.4, 0.5) is 0 Å². The first-order valence-corrected chi connectivity index (χ1v) is 7.55. The molecule has 0 N–H and O–H groups in total. The Bertz CT molecular complexity index is 337. The van der Waals surface area contributed by atoms with E-state index in [9.17, 15) is 0 Å². The van der Waals surface area contributed by atoms with E-state index in [4.69, 9.17) is 0 Å². The lowest BCUT2D eigenvalue weighted by molar-refractivity contribution is 0.454. The van der Waals surface area contributed by atoms with E-state index in [0.29, 0.717) is 0 Å². The zero-order valence-electron chi connectivity index (χ0n) is 10.5. The average molecular weight is 234 g/mol. The van der Waals surface area contributed by atoms with Gasteiger partial charge in [0.2, 0.25) is 0 Å². The molecule has 0 saturated carbocycles. The summed E-state index contributed by atoms with van der Waals surface area (Å²) in [5.41, 5.74) is 4.42. The van der Waals surface area contributed by atoms with Crippen LogP contribution in [0.5, 0.6) is 0 Å². The van der Waals surface area contributed by atoms with Crippen LogP contribution in [-0.2, 0) is 6.42 Å². The fourth-order valence-electron chi connectivity index (χ4n) is 2.52. The maximum absolute atomic E-state index is 2.32. The van der Waals surface area contributed by atoms with E-state index in [1.165, 1.54) is 48.3 Å². The van der Waals surface area contributed by atoms with E-state index in [-0.39, 0.29) is 0 Å². The Morgan fingerprint density at radius 2 is 1.94 bits per heavy atom. The maximum atomic E-state index is 2.32. The standard InChI is InChI=1S/C15H22S/c1-12-3-5-15(13(2)11-12)6-4-14-7-9-16-10-8-14/h3,5,11,14H,4,6-10H2,1-2H3. The maximum Gasteiger partial charge on any atom is -0.00649 e. The van der Waals surface area contributed by atoms with E-state index in [1.54, 1.807) is 5.56 Å². The highest BCUT2D eigenvalue weighted by molar-refractivity contribution is 7.99. The first-order chi connectivity index (χ1) is 7.75. The molecule has 88 valence electrons. The third-order valence-electron chi connectivity index (χ3n) is 3.66. The molecule has 1 saturated heterocycles. The van der Waals surface area contributed by atoms with Gasteiger partial charge in [0.25, 0.3) is 0 Å². The van der Waals surface area contributed by atoms with E-state index in [2.05, 4.69) is 43.8 Å². The fourth-order valence-corrected chi connectivity index (χ4v) is 3.73. The number of hydrogen-bond donors (Lipinski definition) is 0. The molecule has 1 heteroatoms. The molecule has 0 atom stereocenters. The lowest BCUT2D eigenvalue weighted by Gasteiger charge is -2.21. The molecular formula is C15H22S. The second kappa shape index (κ2) is 5.77. The van der Waals surface area contributed by atoms with Gasteiger partial charge in [-0.05, 0) is 68.1 Å². The predicted molar refractivity (Wildman–Crippen MR) is 74.3 cm³/mol. The molecule has 1 heterocycles. The minimum Gasteiger partial charge on any atom is -0.162 e. The van der Waals surface area contributed by atoms with Crippen molar-refractivity contribution in [1.29, 1.82) is 0 Å². The normalized spacial score (nSPS) is 17.6. The molecule has 0 unspecified atom stereocenters. The second-order valence-electron chi connectivity index (χ2n) is 5.02. The summed E-state index contributed by atoms with van der Waals surface area (Å²) in [4.78, 5) is 0. The second-order valence-corrected chi connectivity index (χ2v) is 6.25. The van der Waals surface area contributed by atoms with Crippen molar-refractivity contribution < 1.29 is 0 Å². The monoisotopic (exact) mass is 234 g/mol. The largest absolute Gasteiger partial charge is 0.162 e. The van der Waals surface area contributed by atoms with Gasteiger partial charge in [-0.15, -0.1) is 0 Å². The summed E-state index contributed by atoms with van der Waals surface area (Å²) in [6, 6.07) is 6.88. The predicted octanol–water partition coefficient (Wildman–Crippen LogP) is 4.38. The van der Waals surface area contributed by atoms with Gasteiger partial charge in [0.05, 0.1) is 0 Å². The lowest BCUT2D eigenvalue weighted by Crippen LogP contribution is -2.10. The zero-order chi connectivity index (χ0) is 11.4. The molecule has 1 aliphatic rings. The lowest BCUT2D eigenvalue weighted by atomic mass is 9.92. The number of rotatable bonds is 3. The van der Waals surface area contributed by atoms with Crippen LogP contribution in [0.3, 0.4) is 0 Å². The van der Waals surface area contributed by atoms with Gasteiger partial charge in [-0.1, -0.05) is 23.8 Å². The van der Waals surface area contributed by atoms with Crippen LogP contribution in [0, 0.1) is 19.8 Å². The van der Waals surface area contributed by atoms with Crippen LogP contribution in [0.25, 0.3) is 0 Å². The van der Waals surface area contributed by atoms with Gasteiger partial charge in [-0.2, -0.15) is 11.8 Å². The third kappa shape index (κ3) is 3.28. The molecule has 1 aromatic rings. The highest BCUT2D eigenvalue weighted by atomic mass is 32.2. The summed E-state index contributed by atoms with van der Waals surface area (Å²) in [7, 11) is 0. The Labute approximate surface area is 104 Å². The molecule has 2 rings (SSSR count). The minimum absolute atomic E-state index is 0.988. The molecule has 0 bridgehead atoms. The Hall–Kier alpha value is -0.430. The molecule has 0 amide bonds. The number of aryl methyl sites for hydroxylation is 3. The van der Waals surface area contributed by atoms with Crippen LogP contribution in [0.15, 0.2) is 18.2 Å². The molecule has 1 fully saturated rings. The molecule has 0 aromatic heterocycles. The van der Waals surface area contributed by atoms with Gasteiger partial charge < -0.3 is 0 Å². The summed E-state index contributed by atoms with van der Waals surface area (Å²) in [5, 5.41) is 0. The smallest absolute Gasteiger partial charge is 0.00649 e. The SMILES string of the molecule is Cc1ccc(CCC2CCSCC2)c(C)c1. The zero-order valence-corrected chi connectivity index (χ0v) is 11.3. The fraction of sp³-hybridized carbons (Fsp3) is 0.600. The summed E-state index contributed by atoms with van der Waals surface area (Å²) < 4.78 is 0. The van der Waals surface area contributed by atoms with Crippen LogP contribution in [-0.4, -0.2) is 11.5 Å². The highest BCUT2D eigenvalue weighted by Crippen LogP contribution is 2.27. The van der Waals surface area contributed by atoms with Gasteiger partial charge in [0, 0.05) is 0 Å². The summed E-state index contributed by atoms with van der Waals surface area (Å²) >= 11 is 2.13. The number of hydrogen-bond acceptors (Lipinski definition) is 1. The average Bonchev–Trinajstić information content (AvgIpc) is 2.29. The molecule has 16 heavy (non-hydrogen) atoms.